The highest BCUT2D eigenvalue weighted by atomic mass is 16.4. The van der Waals surface area contributed by atoms with Crippen LogP contribution in [0.2, 0.25) is 0 Å². The van der Waals surface area contributed by atoms with Crippen LogP contribution < -0.4 is 5.32 Å². The summed E-state index contributed by atoms with van der Waals surface area (Å²) in [7, 11) is 0. The summed E-state index contributed by atoms with van der Waals surface area (Å²) in [6.45, 7) is -4.88. The molecule has 6 nitrogen and oxygen atoms in total. The molecule has 0 bridgehead atoms. The quantitative estimate of drug-likeness (QED) is 0.857. The van der Waals surface area contributed by atoms with Crippen LogP contribution in [0.1, 0.15) is 44.9 Å². The zero-order valence-corrected chi connectivity index (χ0v) is 9.97. The Kier molecular flexibility index (Phi) is 1.73. The van der Waals surface area contributed by atoms with E-state index in [1.165, 1.54) is 18.3 Å². The van der Waals surface area contributed by atoms with Gasteiger partial charge in [0.15, 0.2) is 5.84 Å². The van der Waals surface area contributed by atoms with Crippen molar-refractivity contribution in [1.82, 2.24) is 10.3 Å². The van der Waals surface area contributed by atoms with Crippen molar-refractivity contribution in [2.45, 2.75) is 26.2 Å². The lowest BCUT2D eigenvalue weighted by Gasteiger charge is -2.21. The topological polar surface area (TPSA) is 91.7 Å². The molecule has 0 radical (unpaired) electrons. The highest BCUT2D eigenvalue weighted by Crippen LogP contribution is 2.27. The summed E-state index contributed by atoms with van der Waals surface area (Å²) >= 11 is 0. The number of aliphatic imine (C=N–C) groups is 1. The smallest absolute Gasteiger partial charge is 0.338 e. The van der Waals surface area contributed by atoms with E-state index in [0.717, 1.165) is 6.92 Å². The Hall–Kier alpha value is -2.24. The van der Waals surface area contributed by atoms with Crippen molar-refractivity contribution in [1.29, 1.82) is 0 Å². The number of carbonyl (C=O) groups excluding carboxylic acids is 1. The Morgan fingerprint density at radius 1 is 1.58 bits per heavy atom. The first-order valence-electron chi connectivity index (χ1n) is 8.38. The molecule has 1 aliphatic heterocycles. The number of aromatic nitrogens is 1. The summed E-state index contributed by atoms with van der Waals surface area (Å²) in [6, 6.07) is 2.61. The Morgan fingerprint density at radius 3 is 2.95 bits per heavy atom. The maximum absolute atomic E-state index is 12.4. The average molecular weight is 267 g/mol. The van der Waals surface area contributed by atoms with Gasteiger partial charge in [-0.15, -0.1) is 0 Å². The van der Waals surface area contributed by atoms with Crippen LogP contribution in [0.3, 0.4) is 0 Å². The van der Waals surface area contributed by atoms with Crippen LogP contribution in [-0.4, -0.2) is 33.3 Å². The van der Waals surface area contributed by atoms with Gasteiger partial charge in [0.05, 0.1) is 5.56 Å². The molecular weight excluding hydrogens is 246 g/mol. The summed E-state index contributed by atoms with van der Waals surface area (Å²) in [4.78, 5) is 31.5. The van der Waals surface area contributed by atoms with E-state index >= 15 is 0 Å². The fourth-order valence-corrected chi connectivity index (χ4v) is 1.62. The van der Waals surface area contributed by atoms with Gasteiger partial charge in [-0.05, 0) is 25.0 Å². The molecule has 2 rings (SSSR count). The van der Waals surface area contributed by atoms with Crippen molar-refractivity contribution in [3.63, 3.8) is 0 Å². The number of carboxylic acid groups (broad SMARTS) is 1. The second kappa shape index (κ2) is 4.46. The number of carboxylic acids is 1. The zero-order chi connectivity index (χ0) is 19.2. The lowest BCUT2D eigenvalue weighted by Crippen LogP contribution is -2.41. The van der Waals surface area contributed by atoms with Gasteiger partial charge in [-0.25, -0.2) is 9.79 Å². The van der Waals surface area contributed by atoms with Crippen molar-refractivity contribution in [3.05, 3.63) is 29.6 Å². The first-order valence-corrected chi connectivity index (χ1v) is 5.38. The number of pyridine rings is 1. The molecule has 100 valence electrons. The summed E-state index contributed by atoms with van der Waals surface area (Å²) in [5.74, 6) is -4.61. The van der Waals surface area contributed by atoms with Gasteiger partial charge in [0.25, 0.3) is 5.91 Å². The van der Waals surface area contributed by atoms with E-state index in [1.807, 2.05) is 0 Å². The molecule has 0 fully saturated rings. The zero-order valence-electron chi connectivity index (χ0n) is 16.0. The van der Waals surface area contributed by atoms with E-state index in [4.69, 9.17) is 8.22 Å². The van der Waals surface area contributed by atoms with Gasteiger partial charge in [-0.2, -0.15) is 0 Å². The second-order valence-corrected chi connectivity index (χ2v) is 4.20. The Morgan fingerprint density at radius 2 is 2.32 bits per heavy atom. The van der Waals surface area contributed by atoms with Crippen LogP contribution in [0.25, 0.3) is 0 Å². The molecule has 1 aliphatic rings. The second-order valence-electron chi connectivity index (χ2n) is 4.20. The van der Waals surface area contributed by atoms with Crippen molar-refractivity contribution in [2.24, 2.45) is 10.9 Å². The van der Waals surface area contributed by atoms with Crippen LogP contribution in [0.4, 0.5) is 0 Å². The van der Waals surface area contributed by atoms with E-state index in [1.54, 1.807) is 0 Å². The largest absolute Gasteiger partial charge is 0.478 e. The third-order valence-electron chi connectivity index (χ3n) is 2.86. The Bertz CT molecular complexity index is 744. The highest BCUT2D eigenvalue weighted by Gasteiger charge is 2.42. The van der Waals surface area contributed by atoms with Crippen LogP contribution >= 0.6 is 0 Å². The van der Waals surface area contributed by atoms with E-state index in [-0.39, 0.29) is 17.1 Å². The molecule has 0 aromatic carbocycles. The number of amidine groups is 1. The van der Waals surface area contributed by atoms with Crippen molar-refractivity contribution >= 4 is 17.7 Å². The first kappa shape index (κ1) is 7.37. The molecule has 1 amide bonds. The molecule has 0 saturated heterocycles. The monoisotopic (exact) mass is 267 g/mol. The van der Waals surface area contributed by atoms with Gasteiger partial charge in [-0.1, -0.05) is 13.7 Å². The number of hydrogen-bond acceptors (Lipinski definition) is 4. The minimum absolute atomic E-state index is 0.179. The van der Waals surface area contributed by atoms with E-state index in [2.05, 4.69) is 15.3 Å². The first-order chi connectivity index (χ1) is 11.3. The number of carbonyl (C=O) groups is 2. The third kappa shape index (κ3) is 2.09. The fourth-order valence-electron chi connectivity index (χ4n) is 1.62. The van der Waals surface area contributed by atoms with Crippen molar-refractivity contribution < 1.29 is 22.9 Å². The molecule has 6 heteroatoms. The molecule has 0 saturated carbocycles. The average Bonchev–Trinajstić information content (AvgIpc) is 2.71. The number of nitrogens with zero attached hydrogens (tertiary/aromatic N) is 2. The SMILES string of the molecule is [2H]C([2H])([2H])C(C([2H])([2H])[2H])C1(C)N=C(c2ncccc2C(=O)O)NC1=O. The molecule has 0 spiro atoms. The van der Waals surface area contributed by atoms with Gasteiger partial charge in [0.2, 0.25) is 0 Å². The minimum Gasteiger partial charge on any atom is -0.478 e. The van der Waals surface area contributed by atoms with Crippen LogP contribution in [0, 0.1) is 5.92 Å². The predicted octanol–water partition coefficient (Wildman–Crippen LogP) is 1.07. The maximum atomic E-state index is 12.4. The normalized spacial score (nSPS) is 28.3. The van der Waals surface area contributed by atoms with E-state index in [9.17, 15) is 14.7 Å². The van der Waals surface area contributed by atoms with Crippen LogP contribution in [0.15, 0.2) is 23.3 Å². The Labute approximate surface area is 119 Å². The van der Waals surface area contributed by atoms with E-state index < -0.39 is 37.0 Å². The molecule has 19 heavy (non-hydrogen) atoms. The summed E-state index contributed by atoms with van der Waals surface area (Å²) in [5.41, 5.74) is -2.56. The number of hydrogen-bond donors (Lipinski definition) is 2. The number of aromatic carboxylic acids is 1. The van der Waals surface area contributed by atoms with Crippen LogP contribution in [-0.2, 0) is 4.79 Å². The molecule has 2 N–H and O–H groups in total. The van der Waals surface area contributed by atoms with Gasteiger partial charge < -0.3 is 10.4 Å². The maximum Gasteiger partial charge on any atom is 0.338 e. The lowest BCUT2D eigenvalue weighted by molar-refractivity contribution is -0.124. The van der Waals surface area contributed by atoms with Crippen molar-refractivity contribution in [2.75, 3.05) is 0 Å². The molecule has 1 atom stereocenters. The van der Waals surface area contributed by atoms with Gasteiger partial charge in [0.1, 0.15) is 11.2 Å². The summed E-state index contributed by atoms with van der Waals surface area (Å²) < 4.78 is 45.1. The molecule has 1 unspecified atom stereocenters. The number of nitrogens with one attached hydrogen (secondary N) is 1. The number of amides is 1. The van der Waals surface area contributed by atoms with Gasteiger partial charge >= 0.3 is 5.97 Å². The lowest BCUT2D eigenvalue weighted by atomic mass is 9.89. The van der Waals surface area contributed by atoms with E-state index in [0.29, 0.717) is 0 Å². The molecular formula is C13H15N3O3. The molecule has 1 aromatic rings. The number of rotatable bonds is 3. The highest BCUT2D eigenvalue weighted by molar-refractivity contribution is 6.17. The fraction of sp³-hybridized carbons (Fsp3) is 0.385. The van der Waals surface area contributed by atoms with Gasteiger partial charge in [0, 0.05) is 14.4 Å². The molecule has 2 heterocycles. The summed E-state index contributed by atoms with van der Waals surface area (Å²) in [5, 5.41) is 11.5. The van der Waals surface area contributed by atoms with Gasteiger partial charge in [-0.3, -0.25) is 9.78 Å². The van der Waals surface area contributed by atoms with Crippen LogP contribution in [0.5, 0.6) is 0 Å². The summed E-state index contributed by atoms with van der Waals surface area (Å²) in [6.07, 6.45) is 1.27. The minimum atomic E-state index is -2.99. The molecule has 1 aromatic heterocycles. The van der Waals surface area contributed by atoms with Crippen molar-refractivity contribution in [3.8, 4) is 0 Å². The third-order valence-corrected chi connectivity index (χ3v) is 2.86. The standard InChI is InChI=1S/C13H15N3O3/c1-7(2)13(3)12(19)15-10(16-13)9-8(11(17)18)5-4-6-14-9/h4-7H,1-3H3,(H,17,18)(H,15,16,19)/i1D3,2D3. The molecule has 0 aliphatic carbocycles. The predicted molar refractivity (Wildman–Crippen MR) is 69.1 cm³/mol. The Balaban J connectivity index is 2.61.